The van der Waals surface area contributed by atoms with Crippen molar-refractivity contribution in [3.63, 3.8) is 0 Å². The van der Waals surface area contributed by atoms with Crippen LogP contribution in [-0.4, -0.2) is 30.1 Å². The minimum atomic E-state index is -0.358. The van der Waals surface area contributed by atoms with E-state index in [0.29, 0.717) is 0 Å². The molecule has 0 aliphatic heterocycles. The lowest BCUT2D eigenvalue weighted by molar-refractivity contribution is 0.154. The van der Waals surface area contributed by atoms with Crippen molar-refractivity contribution < 1.29 is 5.11 Å². The maximum atomic E-state index is 9.99. The van der Waals surface area contributed by atoms with E-state index in [1.165, 1.54) is 6.42 Å². The molecular weight excluding hydrogens is 278 g/mol. The van der Waals surface area contributed by atoms with Crippen LogP contribution < -0.4 is 0 Å². The summed E-state index contributed by atoms with van der Waals surface area (Å²) in [6, 6.07) is 3.94. The van der Waals surface area contributed by atoms with Crippen LogP contribution >= 0.6 is 11.3 Å². The monoisotopic (exact) mass is 307 g/mol. The fourth-order valence-corrected chi connectivity index (χ4v) is 2.44. The predicted octanol–water partition coefficient (Wildman–Crippen LogP) is 4.82. The van der Waals surface area contributed by atoms with E-state index >= 15 is 0 Å². The van der Waals surface area contributed by atoms with Gasteiger partial charge >= 0.3 is 0 Å². The molecule has 1 N–H and O–H groups in total. The third kappa shape index (κ3) is 9.40. The van der Waals surface area contributed by atoms with Crippen LogP contribution in [0.25, 0.3) is 0 Å². The lowest BCUT2D eigenvalue weighted by Crippen LogP contribution is -2.23. The Morgan fingerprint density at radius 2 is 2.10 bits per heavy atom. The van der Waals surface area contributed by atoms with Crippen LogP contribution in [0.5, 0.6) is 0 Å². The summed E-state index contributed by atoms with van der Waals surface area (Å²) in [6.45, 7) is 13.4. The summed E-state index contributed by atoms with van der Waals surface area (Å²) in [4.78, 5) is 3.21. The first-order chi connectivity index (χ1) is 10.1. The van der Waals surface area contributed by atoms with Gasteiger partial charge in [0.2, 0.25) is 0 Å². The summed E-state index contributed by atoms with van der Waals surface area (Å²) in [6.07, 6.45) is 7.21. The van der Waals surface area contributed by atoms with E-state index in [4.69, 9.17) is 0 Å². The number of rotatable bonds is 8. The van der Waals surface area contributed by atoms with Crippen LogP contribution in [0.3, 0.4) is 0 Å². The molecule has 1 aromatic heterocycles. The van der Waals surface area contributed by atoms with Crippen molar-refractivity contribution >= 4 is 11.3 Å². The number of nitrogens with zero attached hydrogens (tertiary/aromatic N) is 1. The lowest BCUT2D eigenvalue weighted by atomic mass is 10.2. The molecule has 0 aliphatic rings. The fourth-order valence-electron chi connectivity index (χ4n) is 1.69. The van der Waals surface area contributed by atoms with Gasteiger partial charge in [-0.15, -0.1) is 11.3 Å². The van der Waals surface area contributed by atoms with Gasteiger partial charge in [0.25, 0.3) is 0 Å². The molecule has 118 valence electrons. The molecule has 0 radical (unpaired) electrons. The van der Waals surface area contributed by atoms with Gasteiger partial charge in [-0.3, -0.25) is 0 Å². The van der Waals surface area contributed by atoms with E-state index in [0.717, 1.165) is 30.0 Å². The highest BCUT2D eigenvalue weighted by molar-refractivity contribution is 7.10. The largest absolute Gasteiger partial charge is 0.388 e. The van der Waals surface area contributed by atoms with Crippen molar-refractivity contribution in [2.24, 2.45) is 0 Å². The third-order valence-electron chi connectivity index (χ3n) is 2.70. The van der Waals surface area contributed by atoms with Gasteiger partial charge < -0.3 is 10.0 Å². The molecular formula is C18H29NOS. The molecule has 0 spiro atoms. The number of hydrogen-bond acceptors (Lipinski definition) is 3. The molecule has 1 aromatic rings. The third-order valence-corrected chi connectivity index (χ3v) is 3.68. The highest BCUT2D eigenvalue weighted by atomic mass is 32.1. The average Bonchev–Trinajstić information content (AvgIpc) is 2.99. The van der Waals surface area contributed by atoms with Crippen molar-refractivity contribution in [1.82, 2.24) is 4.90 Å². The van der Waals surface area contributed by atoms with E-state index in [-0.39, 0.29) is 6.10 Å². The van der Waals surface area contributed by atoms with Crippen molar-refractivity contribution in [2.45, 2.75) is 32.8 Å². The van der Waals surface area contributed by atoms with Gasteiger partial charge in [-0.1, -0.05) is 57.7 Å². The normalized spacial score (nSPS) is 12.5. The second-order valence-corrected chi connectivity index (χ2v) is 5.93. The number of thiophene rings is 1. The Bertz CT molecular complexity index is 409. The standard InChI is InChI=1S/C15H21NOS.C3H8/c1-4-7-13(5-2)12-16(3)10-9-14(17)15-8-6-11-18-15;1-3-2/h4-8,11,14,17H,1-2,9-10,12H2,3H3;3H2,1-2H3/b13-7+;. The van der Waals surface area contributed by atoms with Crippen LogP contribution in [0, 0.1) is 0 Å². The Morgan fingerprint density at radius 3 is 2.57 bits per heavy atom. The highest BCUT2D eigenvalue weighted by Crippen LogP contribution is 2.21. The zero-order valence-electron chi connectivity index (χ0n) is 13.6. The number of hydrogen-bond donors (Lipinski definition) is 1. The van der Waals surface area contributed by atoms with Crippen LogP contribution in [0.1, 0.15) is 37.7 Å². The smallest absolute Gasteiger partial charge is 0.0894 e. The number of aliphatic hydroxyl groups is 1. The molecule has 1 atom stereocenters. The van der Waals surface area contributed by atoms with Crippen molar-refractivity contribution in [1.29, 1.82) is 0 Å². The minimum absolute atomic E-state index is 0.358. The molecule has 0 saturated heterocycles. The molecule has 2 nitrogen and oxygen atoms in total. The van der Waals surface area contributed by atoms with Gasteiger partial charge in [0, 0.05) is 18.0 Å². The molecule has 0 aliphatic carbocycles. The summed E-state index contributed by atoms with van der Waals surface area (Å²) in [7, 11) is 2.04. The summed E-state index contributed by atoms with van der Waals surface area (Å²) >= 11 is 1.60. The first kappa shape index (κ1) is 19.8. The molecule has 3 heteroatoms. The van der Waals surface area contributed by atoms with Gasteiger partial charge in [0.1, 0.15) is 0 Å². The van der Waals surface area contributed by atoms with Crippen LogP contribution in [0.2, 0.25) is 0 Å². The SMILES string of the molecule is C=C/C=C(\C=C)CN(C)CCC(O)c1cccs1.CCC. The first-order valence-corrected chi connectivity index (χ1v) is 8.30. The second-order valence-electron chi connectivity index (χ2n) is 4.95. The Hall–Kier alpha value is -1.16. The highest BCUT2D eigenvalue weighted by Gasteiger charge is 2.09. The molecule has 21 heavy (non-hydrogen) atoms. The van der Waals surface area contributed by atoms with Crippen molar-refractivity contribution in [2.75, 3.05) is 20.1 Å². The van der Waals surface area contributed by atoms with Gasteiger partial charge in [-0.05, 0) is 30.5 Å². The molecule has 1 rings (SSSR count). The summed E-state index contributed by atoms with van der Waals surface area (Å²) < 4.78 is 0. The Labute approximate surface area is 134 Å². The molecule has 0 amide bonds. The predicted molar refractivity (Wildman–Crippen MR) is 95.8 cm³/mol. The Kier molecular flexibility index (Phi) is 11.9. The zero-order chi connectivity index (χ0) is 16.1. The molecule has 0 bridgehead atoms. The van der Waals surface area contributed by atoms with E-state index < -0.39 is 0 Å². The Morgan fingerprint density at radius 1 is 1.43 bits per heavy atom. The number of aliphatic hydroxyl groups excluding tert-OH is 1. The molecule has 1 unspecified atom stereocenters. The van der Waals surface area contributed by atoms with Crippen molar-refractivity contribution in [3.8, 4) is 0 Å². The summed E-state index contributed by atoms with van der Waals surface area (Å²) in [5.41, 5.74) is 1.14. The van der Waals surface area contributed by atoms with Gasteiger partial charge in [-0.2, -0.15) is 0 Å². The number of allylic oxidation sites excluding steroid dienone is 2. The lowest BCUT2D eigenvalue weighted by Gasteiger charge is -2.18. The summed E-state index contributed by atoms with van der Waals surface area (Å²) in [5.74, 6) is 0. The number of likely N-dealkylation sites (N-methyl/N-ethyl adjacent to an activating group) is 1. The molecule has 1 heterocycles. The van der Waals surface area contributed by atoms with E-state index in [2.05, 4.69) is 31.9 Å². The fraction of sp³-hybridized carbons (Fsp3) is 0.444. The molecule has 0 aromatic carbocycles. The maximum Gasteiger partial charge on any atom is 0.0894 e. The minimum Gasteiger partial charge on any atom is -0.388 e. The Balaban J connectivity index is 0.00000122. The topological polar surface area (TPSA) is 23.5 Å². The van der Waals surface area contributed by atoms with E-state index in [1.54, 1.807) is 17.4 Å². The van der Waals surface area contributed by atoms with E-state index in [1.807, 2.05) is 36.7 Å². The summed E-state index contributed by atoms with van der Waals surface area (Å²) in [5, 5.41) is 12.0. The first-order valence-electron chi connectivity index (χ1n) is 7.42. The van der Waals surface area contributed by atoms with Gasteiger partial charge in [0.15, 0.2) is 0 Å². The van der Waals surface area contributed by atoms with Crippen LogP contribution in [0.15, 0.2) is 54.5 Å². The maximum absolute atomic E-state index is 9.99. The van der Waals surface area contributed by atoms with E-state index in [9.17, 15) is 5.11 Å². The molecule has 0 fully saturated rings. The second kappa shape index (κ2) is 12.6. The van der Waals surface area contributed by atoms with Crippen LogP contribution in [0.4, 0.5) is 0 Å². The zero-order valence-corrected chi connectivity index (χ0v) is 14.4. The van der Waals surface area contributed by atoms with Gasteiger partial charge in [0.05, 0.1) is 6.10 Å². The average molecular weight is 308 g/mol. The molecule has 0 saturated carbocycles. The quantitative estimate of drug-likeness (QED) is 0.696. The van der Waals surface area contributed by atoms with Crippen molar-refractivity contribution in [3.05, 3.63) is 59.3 Å². The van der Waals surface area contributed by atoms with Crippen LogP contribution in [-0.2, 0) is 0 Å². The van der Waals surface area contributed by atoms with Gasteiger partial charge in [-0.25, -0.2) is 0 Å².